The van der Waals surface area contributed by atoms with E-state index in [1.54, 1.807) is 24.9 Å². The molecule has 2 aliphatic carbocycles. The summed E-state index contributed by atoms with van der Waals surface area (Å²) >= 11 is 2.86. The van der Waals surface area contributed by atoms with Crippen LogP contribution in [0.4, 0.5) is 11.4 Å². The van der Waals surface area contributed by atoms with E-state index in [1.807, 2.05) is 84.9 Å². The number of thioether (sulfide) groups is 1. The number of rotatable bonds is 7. The van der Waals surface area contributed by atoms with Gasteiger partial charge >= 0.3 is 4.87 Å². The molecule has 9 nitrogen and oxygen atoms in total. The van der Waals surface area contributed by atoms with E-state index in [9.17, 15) is 19.2 Å². The standard InChI is InChI=1S/C38H31N3O6S2/c1-46-27-16-21(12-14-26(27)47-18-28(42)39-22-13-11-19-7-5-6-8-20(19)15-22)29-30-24-17-25(33(30)48-35-34(29)49-38(45)40-35)32-31(24)36(43)41(37(32)44)23-9-3-2-4-10-23/h2-16,24-25,29-33H,17-18H2,1H3,(H,39,42)(H,40,45)/t24?,25?,29-,30?,31?,32?,33?/m1/s1. The highest BCUT2D eigenvalue weighted by Gasteiger charge is 2.69. The smallest absolute Gasteiger partial charge is 0.305 e. The monoisotopic (exact) mass is 689 g/mol. The number of benzene rings is 4. The van der Waals surface area contributed by atoms with Crippen LogP contribution >= 0.6 is 23.1 Å². The molecule has 1 aromatic heterocycles. The van der Waals surface area contributed by atoms with Gasteiger partial charge in [-0.05, 0) is 76.9 Å². The molecule has 3 amide bonds. The van der Waals surface area contributed by atoms with E-state index in [0.717, 1.165) is 32.7 Å². The molecule has 3 fully saturated rings. The molecular formula is C38H31N3O6S2. The number of para-hydroxylation sites is 1. The number of hydrogen-bond acceptors (Lipinski definition) is 8. The van der Waals surface area contributed by atoms with E-state index >= 15 is 0 Å². The maximum atomic E-state index is 14.0. The van der Waals surface area contributed by atoms with Crippen molar-refractivity contribution in [2.45, 2.75) is 22.6 Å². The van der Waals surface area contributed by atoms with E-state index in [2.05, 4.69) is 10.3 Å². The maximum absolute atomic E-state index is 14.0. The van der Waals surface area contributed by atoms with Gasteiger partial charge in [-0.15, -0.1) is 11.8 Å². The number of amides is 3. The molecule has 4 aromatic carbocycles. The third kappa shape index (κ3) is 4.81. The van der Waals surface area contributed by atoms with Crippen molar-refractivity contribution in [1.29, 1.82) is 0 Å². The normalized spacial score (nSPS) is 26.4. The van der Waals surface area contributed by atoms with Crippen molar-refractivity contribution in [2.75, 3.05) is 23.9 Å². The second-order valence-electron chi connectivity index (χ2n) is 13.1. The molecule has 9 rings (SSSR count). The van der Waals surface area contributed by atoms with E-state index in [4.69, 9.17) is 9.47 Å². The highest BCUT2D eigenvalue weighted by molar-refractivity contribution is 8.00. The van der Waals surface area contributed by atoms with Crippen LogP contribution in [0.3, 0.4) is 0 Å². The molecule has 6 unspecified atom stereocenters. The molecule has 0 spiro atoms. The molecule has 49 heavy (non-hydrogen) atoms. The number of anilines is 2. The van der Waals surface area contributed by atoms with Crippen LogP contribution in [0.5, 0.6) is 11.5 Å². The summed E-state index contributed by atoms with van der Waals surface area (Å²) in [6.45, 7) is -0.211. The first kappa shape index (κ1) is 30.2. The molecule has 2 aliphatic heterocycles. The summed E-state index contributed by atoms with van der Waals surface area (Å²) in [5.41, 5.74) is 2.24. The Morgan fingerprint density at radius 1 is 0.878 bits per heavy atom. The van der Waals surface area contributed by atoms with Gasteiger partial charge in [-0.2, -0.15) is 0 Å². The summed E-state index contributed by atoms with van der Waals surface area (Å²) in [5, 5.41) is 5.93. The summed E-state index contributed by atoms with van der Waals surface area (Å²) in [6.07, 6.45) is 0.804. The SMILES string of the molecule is COc1cc([C@H]2c3sc(=O)[nH]c3SC3C4CC(C5C(=O)N(c6ccccc6)C(=O)C45)C32)ccc1OCC(=O)Nc1ccc2ccccc2c1. The van der Waals surface area contributed by atoms with Crippen LogP contribution in [0.2, 0.25) is 0 Å². The van der Waals surface area contributed by atoms with Crippen LogP contribution in [0.25, 0.3) is 10.8 Å². The number of ether oxygens (including phenoxy) is 2. The predicted molar refractivity (Wildman–Crippen MR) is 188 cm³/mol. The van der Waals surface area contributed by atoms with Crippen molar-refractivity contribution in [3.8, 4) is 11.5 Å². The van der Waals surface area contributed by atoms with Crippen LogP contribution in [-0.4, -0.2) is 41.7 Å². The van der Waals surface area contributed by atoms with E-state index in [1.165, 1.54) is 16.2 Å². The van der Waals surface area contributed by atoms with E-state index < -0.39 is 0 Å². The minimum atomic E-state index is -0.384. The number of thiazole rings is 1. The van der Waals surface area contributed by atoms with Crippen molar-refractivity contribution in [3.05, 3.63) is 111 Å². The molecule has 11 heteroatoms. The molecule has 2 bridgehead atoms. The summed E-state index contributed by atoms with van der Waals surface area (Å²) in [7, 11) is 1.56. The number of H-pyrrole nitrogens is 1. The van der Waals surface area contributed by atoms with Gasteiger partial charge in [0.1, 0.15) is 0 Å². The summed E-state index contributed by atoms with van der Waals surface area (Å²) in [5.74, 6) is -0.476. The molecule has 246 valence electrons. The number of aromatic nitrogens is 1. The molecular weight excluding hydrogens is 659 g/mol. The van der Waals surface area contributed by atoms with Crippen molar-refractivity contribution >= 4 is 63.0 Å². The number of hydrogen-bond donors (Lipinski definition) is 2. The molecule has 2 N–H and O–H groups in total. The lowest BCUT2D eigenvalue weighted by Crippen LogP contribution is -2.42. The van der Waals surface area contributed by atoms with Gasteiger partial charge in [-0.25, -0.2) is 0 Å². The number of aromatic amines is 1. The first-order valence-corrected chi connectivity index (χ1v) is 18.0. The fourth-order valence-electron chi connectivity index (χ4n) is 8.83. The lowest BCUT2D eigenvalue weighted by molar-refractivity contribution is -0.123. The maximum Gasteiger partial charge on any atom is 0.305 e. The first-order valence-electron chi connectivity index (χ1n) is 16.3. The number of fused-ring (bicyclic) bond motifs is 10. The minimum absolute atomic E-state index is 0.00580. The Labute approximate surface area is 289 Å². The van der Waals surface area contributed by atoms with E-state index in [0.29, 0.717) is 22.9 Å². The second-order valence-corrected chi connectivity index (χ2v) is 15.3. The number of nitrogens with one attached hydrogen (secondary N) is 2. The van der Waals surface area contributed by atoms with Gasteiger partial charge in [0.15, 0.2) is 18.1 Å². The Balaban J connectivity index is 0.992. The number of carbonyl (C=O) groups excluding carboxylic acids is 3. The van der Waals surface area contributed by atoms with Gasteiger partial charge in [0.2, 0.25) is 11.8 Å². The van der Waals surface area contributed by atoms with Crippen molar-refractivity contribution in [2.24, 2.45) is 29.6 Å². The molecule has 1 saturated heterocycles. The second kappa shape index (κ2) is 11.6. The van der Waals surface area contributed by atoms with E-state index in [-0.39, 0.29) is 70.0 Å². The lowest BCUT2D eigenvalue weighted by Gasteiger charge is -2.43. The first-order chi connectivity index (χ1) is 23.9. The van der Waals surface area contributed by atoms with Gasteiger partial charge < -0.3 is 19.8 Å². The van der Waals surface area contributed by atoms with Gasteiger partial charge in [0.25, 0.3) is 5.91 Å². The highest BCUT2D eigenvalue weighted by atomic mass is 32.2. The van der Waals surface area contributed by atoms with Crippen LogP contribution in [0.15, 0.2) is 101 Å². The van der Waals surface area contributed by atoms with Gasteiger partial charge in [-0.3, -0.25) is 24.1 Å². The number of methoxy groups -OCH3 is 1. The number of nitrogens with zero attached hydrogens (tertiary/aromatic N) is 1. The molecule has 4 aliphatic rings. The van der Waals surface area contributed by atoms with Crippen LogP contribution < -0.4 is 24.6 Å². The Hall–Kier alpha value is -4.87. The number of imide groups is 1. The topological polar surface area (TPSA) is 118 Å². The average molecular weight is 690 g/mol. The van der Waals surface area contributed by atoms with Crippen LogP contribution in [-0.2, 0) is 14.4 Å². The molecule has 5 aromatic rings. The van der Waals surface area contributed by atoms with Crippen molar-refractivity contribution < 1.29 is 23.9 Å². The zero-order valence-corrected chi connectivity index (χ0v) is 28.0. The molecule has 7 atom stereocenters. The average Bonchev–Trinajstić information content (AvgIpc) is 3.86. The minimum Gasteiger partial charge on any atom is -0.493 e. The van der Waals surface area contributed by atoms with Crippen LogP contribution in [0.1, 0.15) is 22.8 Å². The third-order valence-corrected chi connectivity index (χ3v) is 13.3. The zero-order valence-electron chi connectivity index (χ0n) is 26.3. The lowest BCUT2D eigenvalue weighted by atomic mass is 9.68. The Kier molecular flexibility index (Phi) is 7.17. The predicted octanol–water partition coefficient (Wildman–Crippen LogP) is 6.29. The fourth-order valence-corrected chi connectivity index (χ4v) is 11.7. The fraction of sp³-hybridized carbons (Fsp3) is 0.263. The Morgan fingerprint density at radius 2 is 1.63 bits per heavy atom. The third-order valence-electron chi connectivity index (χ3n) is 10.7. The summed E-state index contributed by atoms with van der Waals surface area (Å²) < 4.78 is 11.7. The van der Waals surface area contributed by atoms with Crippen LogP contribution in [0, 0.1) is 29.6 Å². The molecule has 0 radical (unpaired) electrons. The Morgan fingerprint density at radius 3 is 2.43 bits per heavy atom. The van der Waals surface area contributed by atoms with Crippen molar-refractivity contribution in [3.63, 3.8) is 0 Å². The largest absolute Gasteiger partial charge is 0.493 e. The van der Waals surface area contributed by atoms with Gasteiger partial charge in [0.05, 0.1) is 29.7 Å². The van der Waals surface area contributed by atoms with Gasteiger partial charge in [-0.1, -0.05) is 65.9 Å². The molecule has 2 saturated carbocycles. The highest BCUT2D eigenvalue weighted by Crippen LogP contribution is 2.68. The Bertz CT molecular complexity index is 2220. The number of carbonyl (C=O) groups is 3. The quantitative estimate of drug-likeness (QED) is 0.193. The van der Waals surface area contributed by atoms with Gasteiger partial charge in [0, 0.05) is 21.7 Å². The molecule has 3 heterocycles. The summed E-state index contributed by atoms with van der Waals surface area (Å²) in [6, 6.07) is 28.6. The zero-order chi connectivity index (χ0) is 33.4. The summed E-state index contributed by atoms with van der Waals surface area (Å²) in [4.78, 5) is 58.6. The van der Waals surface area contributed by atoms with Crippen molar-refractivity contribution in [1.82, 2.24) is 4.98 Å².